The molecule has 5 rings (SSSR count). The van der Waals surface area contributed by atoms with E-state index in [-0.39, 0.29) is 11.6 Å². The van der Waals surface area contributed by atoms with Crippen molar-refractivity contribution in [1.82, 2.24) is 5.32 Å². The van der Waals surface area contributed by atoms with Crippen molar-refractivity contribution in [3.05, 3.63) is 155 Å². The standard InChI is InChI=1S/C35H28ClN3O4S/c1-23-17-18-26(36)20-30(23)38-35(42)32(24-10-4-2-5-11-24)44-29-16-8-14-27(21-29)37-34(41)31(22-28-15-9-19-43-28)39-33(40)25-12-6-3-7-13-25/h2-22,32H,1H3,(H,37,41)(H,38,42)(H,39,40)/b31-22-. The number of benzene rings is 4. The zero-order chi connectivity index (χ0) is 30.9. The Kier molecular flexibility index (Phi) is 9.96. The fourth-order valence-corrected chi connectivity index (χ4v) is 5.52. The van der Waals surface area contributed by atoms with Crippen molar-refractivity contribution in [3.63, 3.8) is 0 Å². The Morgan fingerprint density at radius 1 is 0.818 bits per heavy atom. The molecule has 9 heteroatoms. The highest BCUT2D eigenvalue weighted by Crippen LogP contribution is 2.37. The van der Waals surface area contributed by atoms with Gasteiger partial charge in [0.2, 0.25) is 5.91 Å². The maximum absolute atomic E-state index is 13.6. The lowest BCUT2D eigenvalue weighted by Gasteiger charge is -2.19. The van der Waals surface area contributed by atoms with E-state index in [0.717, 1.165) is 16.0 Å². The van der Waals surface area contributed by atoms with Crippen molar-refractivity contribution in [2.45, 2.75) is 17.1 Å². The second-order valence-electron chi connectivity index (χ2n) is 9.73. The van der Waals surface area contributed by atoms with Crippen molar-refractivity contribution in [1.29, 1.82) is 0 Å². The van der Waals surface area contributed by atoms with Gasteiger partial charge in [0.25, 0.3) is 11.8 Å². The first kappa shape index (κ1) is 30.4. The number of hydrogen-bond donors (Lipinski definition) is 3. The molecule has 0 spiro atoms. The van der Waals surface area contributed by atoms with Gasteiger partial charge in [0.15, 0.2) is 0 Å². The van der Waals surface area contributed by atoms with Gasteiger partial charge in [0.1, 0.15) is 16.7 Å². The Morgan fingerprint density at radius 2 is 1.57 bits per heavy atom. The van der Waals surface area contributed by atoms with E-state index in [1.54, 1.807) is 72.8 Å². The Labute approximate surface area is 264 Å². The second kappa shape index (κ2) is 14.4. The van der Waals surface area contributed by atoms with Gasteiger partial charge in [-0.15, -0.1) is 11.8 Å². The van der Waals surface area contributed by atoms with Crippen LogP contribution in [0.5, 0.6) is 0 Å². The number of anilines is 2. The summed E-state index contributed by atoms with van der Waals surface area (Å²) in [4.78, 5) is 40.6. The number of aryl methyl sites for hydroxylation is 1. The first-order valence-corrected chi connectivity index (χ1v) is 14.9. The Hall–Kier alpha value is -5.05. The van der Waals surface area contributed by atoms with Gasteiger partial charge in [-0.25, -0.2) is 0 Å². The highest BCUT2D eigenvalue weighted by atomic mass is 35.5. The first-order chi connectivity index (χ1) is 21.4. The quantitative estimate of drug-likeness (QED) is 0.108. The predicted molar refractivity (Wildman–Crippen MR) is 176 cm³/mol. The highest BCUT2D eigenvalue weighted by molar-refractivity contribution is 8.00. The summed E-state index contributed by atoms with van der Waals surface area (Å²) in [6.07, 6.45) is 2.94. The van der Waals surface area contributed by atoms with Crippen LogP contribution in [0.15, 0.2) is 137 Å². The van der Waals surface area contributed by atoms with Crippen LogP contribution in [0.2, 0.25) is 5.02 Å². The van der Waals surface area contributed by atoms with Gasteiger partial charge in [-0.05, 0) is 72.6 Å². The molecule has 0 aliphatic heterocycles. The summed E-state index contributed by atoms with van der Waals surface area (Å²) in [5.41, 5.74) is 3.24. The van der Waals surface area contributed by atoms with E-state index >= 15 is 0 Å². The summed E-state index contributed by atoms with van der Waals surface area (Å²) in [5.74, 6) is -0.788. The summed E-state index contributed by atoms with van der Waals surface area (Å²) in [6, 6.07) is 34.0. The maximum atomic E-state index is 13.6. The van der Waals surface area contributed by atoms with Crippen LogP contribution in [0.1, 0.15) is 32.5 Å². The Morgan fingerprint density at radius 3 is 2.30 bits per heavy atom. The van der Waals surface area contributed by atoms with Crippen LogP contribution in [-0.4, -0.2) is 17.7 Å². The van der Waals surface area contributed by atoms with E-state index < -0.39 is 17.1 Å². The van der Waals surface area contributed by atoms with Crippen molar-refractivity contribution in [2.75, 3.05) is 10.6 Å². The monoisotopic (exact) mass is 621 g/mol. The number of thioether (sulfide) groups is 1. The molecule has 0 aliphatic carbocycles. The zero-order valence-corrected chi connectivity index (χ0v) is 25.2. The summed E-state index contributed by atoms with van der Waals surface area (Å²) >= 11 is 7.53. The largest absolute Gasteiger partial charge is 0.465 e. The average molecular weight is 622 g/mol. The van der Waals surface area contributed by atoms with Crippen LogP contribution in [-0.2, 0) is 9.59 Å². The number of halogens is 1. The molecule has 5 aromatic rings. The first-order valence-electron chi connectivity index (χ1n) is 13.7. The minimum Gasteiger partial charge on any atom is -0.465 e. The molecular weight excluding hydrogens is 594 g/mol. The molecule has 44 heavy (non-hydrogen) atoms. The molecule has 0 aliphatic rings. The molecule has 7 nitrogen and oxygen atoms in total. The maximum Gasteiger partial charge on any atom is 0.272 e. The zero-order valence-electron chi connectivity index (χ0n) is 23.6. The van der Waals surface area contributed by atoms with E-state index in [0.29, 0.717) is 27.7 Å². The van der Waals surface area contributed by atoms with Gasteiger partial charge in [-0.2, -0.15) is 0 Å². The Balaban J connectivity index is 1.36. The highest BCUT2D eigenvalue weighted by Gasteiger charge is 2.23. The fraction of sp³-hybridized carbons (Fsp3) is 0.0571. The lowest BCUT2D eigenvalue weighted by Crippen LogP contribution is -2.30. The number of hydrogen-bond acceptors (Lipinski definition) is 5. The normalized spacial score (nSPS) is 11.8. The molecule has 1 atom stereocenters. The molecule has 0 saturated carbocycles. The smallest absolute Gasteiger partial charge is 0.272 e. The van der Waals surface area contributed by atoms with E-state index in [2.05, 4.69) is 16.0 Å². The van der Waals surface area contributed by atoms with E-state index in [9.17, 15) is 14.4 Å². The van der Waals surface area contributed by atoms with E-state index in [4.69, 9.17) is 16.0 Å². The molecule has 1 heterocycles. The molecule has 3 amide bonds. The molecule has 0 fully saturated rings. The molecule has 1 aromatic heterocycles. The molecule has 0 saturated heterocycles. The van der Waals surface area contributed by atoms with Crippen LogP contribution in [0.25, 0.3) is 6.08 Å². The lowest BCUT2D eigenvalue weighted by molar-refractivity contribution is -0.116. The van der Waals surface area contributed by atoms with Crippen LogP contribution >= 0.6 is 23.4 Å². The average Bonchev–Trinajstić information content (AvgIpc) is 3.55. The third-order valence-corrected chi connectivity index (χ3v) is 7.99. The van der Waals surface area contributed by atoms with Crippen LogP contribution < -0.4 is 16.0 Å². The SMILES string of the molecule is Cc1ccc(Cl)cc1NC(=O)C(Sc1cccc(NC(=O)/C(=C/c2ccco2)NC(=O)c2ccccc2)c1)c1ccccc1. The van der Waals surface area contributed by atoms with Gasteiger partial charge < -0.3 is 20.4 Å². The third-order valence-electron chi connectivity index (χ3n) is 6.50. The van der Waals surface area contributed by atoms with Crippen molar-refractivity contribution in [2.24, 2.45) is 0 Å². The van der Waals surface area contributed by atoms with E-state index in [1.165, 1.54) is 24.1 Å². The van der Waals surface area contributed by atoms with Crippen LogP contribution in [0, 0.1) is 6.92 Å². The number of nitrogens with one attached hydrogen (secondary N) is 3. The van der Waals surface area contributed by atoms with Gasteiger partial charge in [0.05, 0.1) is 6.26 Å². The molecule has 220 valence electrons. The van der Waals surface area contributed by atoms with Gasteiger partial charge in [-0.1, -0.05) is 72.3 Å². The van der Waals surface area contributed by atoms with Crippen LogP contribution in [0.3, 0.4) is 0 Å². The number of amides is 3. The van der Waals surface area contributed by atoms with Gasteiger partial charge in [0, 0.05) is 32.9 Å². The number of rotatable bonds is 10. The molecule has 0 radical (unpaired) electrons. The van der Waals surface area contributed by atoms with Gasteiger partial charge >= 0.3 is 0 Å². The number of furan rings is 1. The van der Waals surface area contributed by atoms with Crippen molar-refractivity contribution in [3.8, 4) is 0 Å². The predicted octanol–water partition coefficient (Wildman–Crippen LogP) is 8.12. The van der Waals surface area contributed by atoms with Crippen LogP contribution in [0.4, 0.5) is 11.4 Å². The molecule has 3 N–H and O–H groups in total. The lowest BCUT2D eigenvalue weighted by atomic mass is 10.1. The number of carbonyl (C=O) groups excluding carboxylic acids is 3. The minimum absolute atomic E-state index is 0.00490. The topological polar surface area (TPSA) is 100 Å². The Bertz CT molecular complexity index is 1790. The third kappa shape index (κ3) is 8.06. The molecule has 0 bridgehead atoms. The summed E-state index contributed by atoms with van der Waals surface area (Å²) in [7, 11) is 0. The van der Waals surface area contributed by atoms with Crippen molar-refractivity contribution < 1.29 is 18.8 Å². The summed E-state index contributed by atoms with van der Waals surface area (Å²) in [6.45, 7) is 1.90. The number of carbonyl (C=O) groups is 3. The molecule has 4 aromatic carbocycles. The van der Waals surface area contributed by atoms with E-state index in [1.807, 2.05) is 49.4 Å². The summed E-state index contributed by atoms with van der Waals surface area (Å²) < 4.78 is 5.38. The summed E-state index contributed by atoms with van der Waals surface area (Å²) in [5, 5.41) is 8.49. The minimum atomic E-state index is -0.597. The molecular formula is C35H28ClN3O4S. The fourth-order valence-electron chi connectivity index (χ4n) is 4.27. The van der Waals surface area contributed by atoms with Gasteiger partial charge in [-0.3, -0.25) is 14.4 Å². The second-order valence-corrected chi connectivity index (χ2v) is 11.3. The van der Waals surface area contributed by atoms with Crippen molar-refractivity contribution >= 4 is 58.5 Å². The molecule has 1 unspecified atom stereocenters.